The molecule has 0 amide bonds. The summed E-state index contributed by atoms with van der Waals surface area (Å²) < 4.78 is 33.0. The van der Waals surface area contributed by atoms with Gasteiger partial charge >= 0.3 is 0 Å². The van der Waals surface area contributed by atoms with Crippen LogP contribution in [0.3, 0.4) is 0 Å². The Hall–Kier alpha value is -3.90. The molecule has 6 rings (SSSR count). The Morgan fingerprint density at radius 3 is 2.44 bits per heavy atom. The monoisotopic (exact) mass is 504 g/mol. The van der Waals surface area contributed by atoms with Crippen molar-refractivity contribution in [3.8, 4) is 22.5 Å². The first-order valence-corrected chi connectivity index (χ1v) is 13.2. The van der Waals surface area contributed by atoms with Crippen LogP contribution < -0.4 is 15.4 Å². The molecule has 3 N–H and O–H groups in total. The van der Waals surface area contributed by atoms with Crippen LogP contribution >= 0.6 is 0 Å². The lowest BCUT2D eigenvalue weighted by atomic mass is 10.1. The minimum absolute atomic E-state index is 0.175. The highest BCUT2D eigenvalue weighted by molar-refractivity contribution is 7.93. The third-order valence-corrected chi connectivity index (χ3v) is 8.05. The molecule has 3 aromatic heterocycles. The van der Waals surface area contributed by atoms with E-state index < -0.39 is 10.0 Å². The summed E-state index contributed by atoms with van der Waals surface area (Å²) in [5.41, 5.74) is 9.78. The van der Waals surface area contributed by atoms with Crippen LogP contribution in [0.5, 0.6) is 0 Å². The number of morpholine rings is 1. The van der Waals surface area contributed by atoms with Gasteiger partial charge in [-0.15, -0.1) is 0 Å². The van der Waals surface area contributed by atoms with E-state index in [1.807, 2.05) is 24.3 Å². The maximum atomic E-state index is 12.4. The Labute approximate surface area is 207 Å². The van der Waals surface area contributed by atoms with Crippen molar-refractivity contribution in [2.75, 3.05) is 41.7 Å². The van der Waals surface area contributed by atoms with Crippen LogP contribution in [0.2, 0.25) is 0 Å². The fourth-order valence-electron chi connectivity index (χ4n) is 4.13. The van der Waals surface area contributed by atoms with Gasteiger partial charge in [-0.3, -0.25) is 9.71 Å². The fraction of sp³-hybridized carbons (Fsp3) is 0.292. The van der Waals surface area contributed by atoms with E-state index in [2.05, 4.69) is 19.6 Å². The molecule has 12 heteroatoms. The van der Waals surface area contributed by atoms with Crippen LogP contribution in [-0.4, -0.2) is 64.9 Å². The number of rotatable bonds is 6. The smallest absolute Gasteiger partial charge is 0.235 e. The van der Waals surface area contributed by atoms with Crippen LogP contribution in [0.25, 0.3) is 33.5 Å². The normalized spacial score (nSPS) is 16.3. The third kappa shape index (κ3) is 4.52. The van der Waals surface area contributed by atoms with Gasteiger partial charge in [0.2, 0.25) is 16.0 Å². The summed E-state index contributed by atoms with van der Waals surface area (Å²) in [7, 11) is -3.35. The summed E-state index contributed by atoms with van der Waals surface area (Å²) in [6, 6.07) is 9.22. The summed E-state index contributed by atoms with van der Waals surface area (Å²) >= 11 is 0. The molecule has 0 atom stereocenters. The van der Waals surface area contributed by atoms with E-state index in [4.69, 9.17) is 25.4 Å². The van der Waals surface area contributed by atoms with Crippen molar-refractivity contribution in [3.05, 3.63) is 48.9 Å². The zero-order chi connectivity index (χ0) is 24.7. The largest absolute Gasteiger partial charge is 0.378 e. The summed E-state index contributed by atoms with van der Waals surface area (Å²) in [6.45, 7) is 2.59. The highest BCUT2D eigenvalue weighted by Crippen LogP contribution is 2.32. The summed E-state index contributed by atoms with van der Waals surface area (Å²) in [5.74, 6) is 1.36. The van der Waals surface area contributed by atoms with Gasteiger partial charge < -0.3 is 15.4 Å². The van der Waals surface area contributed by atoms with Crippen LogP contribution in [0.4, 0.5) is 17.5 Å². The molecule has 4 aromatic rings. The molecule has 1 saturated heterocycles. The standard InChI is InChI=1S/C24H24N8O3S/c25-24-27-13-17(14-28-24)22-29-20-11-16(12-26-21(20)23(30-22)32-6-8-35-9-7-32)15-2-1-3-18(10-15)31-36(33,34)19-4-5-19/h1-3,10-14,19,31H,4-9H2,(H2,25,27,28). The molecule has 1 aromatic carbocycles. The number of ether oxygens (including phenoxy) is 1. The first kappa shape index (κ1) is 22.6. The number of nitrogens with two attached hydrogens (primary N) is 1. The average Bonchev–Trinajstić information content (AvgIpc) is 3.75. The predicted molar refractivity (Wildman–Crippen MR) is 137 cm³/mol. The Morgan fingerprint density at radius 2 is 1.69 bits per heavy atom. The lowest BCUT2D eigenvalue weighted by molar-refractivity contribution is 0.122. The first-order chi connectivity index (χ1) is 17.5. The van der Waals surface area contributed by atoms with E-state index in [-0.39, 0.29) is 11.2 Å². The van der Waals surface area contributed by atoms with Crippen molar-refractivity contribution in [1.29, 1.82) is 0 Å². The van der Waals surface area contributed by atoms with Crippen LogP contribution in [0.15, 0.2) is 48.9 Å². The van der Waals surface area contributed by atoms with Gasteiger partial charge in [0.25, 0.3) is 0 Å². The molecular weight excluding hydrogens is 480 g/mol. The van der Waals surface area contributed by atoms with Crippen molar-refractivity contribution in [2.24, 2.45) is 0 Å². The molecule has 184 valence electrons. The molecule has 0 unspecified atom stereocenters. The minimum Gasteiger partial charge on any atom is -0.378 e. The maximum Gasteiger partial charge on any atom is 0.235 e. The number of benzene rings is 1. The Kier molecular flexibility index (Phi) is 5.61. The second kappa shape index (κ2) is 8.95. The number of sulfonamides is 1. The van der Waals surface area contributed by atoms with E-state index >= 15 is 0 Å². The molecule has 1 aliphatic heterocycles. The topological polar surface area (TPSA) is 149 Å². The number of anilines is 3. The molecule has 1 saturated carbocycles. The molecule has 0 bridgehead atoms. The molecule has 11 nitrogen and oxygen atoms in total. The van der Waals surface area contributed by atoms with Gasteiger partial charge in [0.1, 0.15) is 5.52 Å². The van der Waals surface area contributed by atoms with Gasteiger partial charge in [0, 0.05) is 42.9 Å². The molecular formula is C24H24N8O3S. The van der Waals surface area contributed by atoms with Crippen LogP contribution in [-0.2, 0) is 14.8 Å². The van der Waals surface area contributed by atoms with E-state index in [1.165, 1.54) is 0 Å². The number of nitrogens with zero attached hydrogens (tertiary/aromatic N) is 6. The van der Waals surface area contributed by atoms with Crippen LogP contribution in [0.1, 0.15) is 12.8 Å². The van der Waals surface area contributed by atoms with Crippen molar-refractivity contribution in [2.45, 2.75) is 18.1 Å². The molecule has 0 radical (unpaired) electrons. The number of hydrogen-bond acceptors (Lipinski definition) is 10. The molecule has 36 heavy (non-hydrogen) atoms. The zero-order valence-electron chi connectivity index (χ0n) is 19.3. The molecule has 4 heterocycles. The van der Waals surface area contributed by atoms with Crippen LogP contribution in [0, 0.1) is 0 Å². The van der Waals surface area contributed by atoms with Gasteiger partial charge in [0.15, 0.2) is 11.6 Å². The van der Waals surface area contributed by atoms with E-state index in [9.17, 15) is 8.42 Å². The van der Waals surface area contributed by atoms with E-state index in [0.717, 1.165) is 11.1 Å². The predicted octanol–water partition coefficient (Wildman–Crippen LogP) is 2.47. The van der Waals surface area contributed by atoms with Crippen molar-refractivity contribution >= 4 is 38.5 Å². The van der Waals surface area contributed by atoms with Gasteiger partial charge in [0.05, 0.1) is 29.5 Å². The maximum absolute atomic E-state index is 12.4. The summed E-state index contributed by atoms with van der Waals surface area (Å²) in [4.78, 5) is 24.6. The Morgan fingerprint density at radius 1 is 0.944 bits per heavy atom. The summed E-state index contributed by atoms with van der Waals surface area (Å²) in [6.07, 6.45) is 6.36. The highest BCUT2D eigenvalue weighted by Gasteiger charge is 2.35. The first-order valence-electron chi connectivity index (χ1n) is 11.7. The number of aromatic nitrogens is 5. The van der Waals surface area contributed by atoms with Gasteiger partial charge in [-0.05, 0) is 36.6 Å². The molecule has 1 aliphatic carbocycles. The van der Waals surface area contributed by atoms with Crippen molar-refractivity contribution < 1.29 is 13.2 Å². The van der Waals surface area contributed by atoms with Crippen molar-refractivity contribution in [1.82, 2.24) is 24.9 Å². The number of nitrogen functional groups attached to an aromatic ring is 1. The van der Waals surface area contributed by atoms with E-state index in [0.29, 0.717) is 73.1 Å². The fourth-order valence-corrected chi connectivity index (χ4v) is 5.51. The average molecular weight is 505 g/mol. The molecule has 2 fully saturated rings. The van der Waals surface area contributed by atoms with Gasteiger partial charge in [-0.25, -0.2) is 28.4 Å². The van der Waals surface area contributed by atoms with Crippen molar-refractivity contribution in [3.63, 3.8) is 0 Å². The Bertz CT molecular complexity index is 1540. The number of fused-ring (bicyclic) bond motifs is 1. The zero-order valence-corrected chi connectivity index (χ0v) is 20.1. The van der Waals surface area contributed by atoms with Gasteiger partial charge in [-0.2, -0.15) is 0 Å². The molecule has 2 aliphatic rings. The third-order valence-electron chi connectivity index (χ3n) is 6.18. The van der Waals surface area contributed by atoms with Gasteiger partial charge in [-0.1, -0.05) is 12.1 Å². The Balaban J connectivity index is 1.43. The quantitative estimate of drug-likeness (QED) is 0.401. The lowest BCUT2D eigenvalue weighted by Gasteiger charge is -2.28. The number of nitrogens with one attached hydrogen (secondary N) is 1. The number of pyridine rings is 1. The summed E-state index contributed by atoms with van der Waals surface area (Å²) in [5, 5.41) is -0.297. The highest BCUT2D eigenvalue weighted by atomic mass is 32.2. The molecule has 0 spiro atoms. The second-order valence-corrected chi connectivity index (χ2v) is 10.8. The minimum atomic E-state index is -3.35. The SMILES string of the molecule is Nc1ncc(-c2nc(N3CCOCC3)c3ncc(-c4cccc(NS(=O)(=O)C5CC5)c4)cc3n2)cn1. The number of hydrogen-bond donors (Lipinski definition) is 2. The lowest BCUT2D eigenvalue weighted by Crippen LogP contribution is -2.37. The van der Waals surface area contributed by atoms with E-state index in [1.54, 1.807) is 24.7 Å². The second-order valence-electron chi connectivity index (χ2n) is 8.82.